The summed E-state index contributed by atoms with van der Waals surface area (Å²) < 4.78 is 11.5. The highest BCUT2D eigenvalue weighted by atomic mass is 16.5. The summed E-state index contributed by atoms with van der Waals surface area (Å²) >= 11 is 0. The second-order valence-corrected chi connectivity index (χ2v) is 15.6. The minimum Gasteiger partial charge on any atom is -0.457 e. The summed E-state index contributed by atoms with van der Waals surface area (Å²) in [4.78, 5) is 0. The summed E-state index contributed by atoms with van der Waals surface area (Å²) in [5, 5.41) is 5.01. The molecule has 13 rings (SSSR count). The van der Waals surface area contributed by atoms with E-state index in [-0.39, 0.29) is 0 Å². The topological polar surface area (TPSA) is 19.1 Å². The maximum atomic E-state index is 6.64. The van der Waals surface area contributed by atoms with Gasteiger partial charge in [0.1, 0.15) is 11.5 Å². The molecule has 0 saturated heterocycles. The molecule has 3 heterocycles. The largest absolute Gasteiger partial charge is 0.457 e. The van der Waals surface area contributed by atoms with Crippen LogP contribution in [-0.2, 0) is 5.41 Å². The Kier molecular flexibility index (Phi) is 6.37. The Balaban J connectivity index is 1.05. The summed E-state index contributed by atoms with van der Waals surface area (Å²) in [6.07, 6.45) is 0. The number of ether oxygens (including phenoxy) is 1. The molecule has 3 nitrogen and oxygen atoms in total. The molecule has 0 N–H and O–H groups in total. The molecule has 0 saturated carbocycles. The van der Waals surface area contributed by atoms with E-state index in [2.05, 4.69) is 215 Å². The van der Waals surface area contributed by atoms with Crippen molar-refractivity contribution < 1.29 is 4.74 Å². The molecule has 0 bridgehead atoms. The van der Waals surface area contributed by atoms with Crippen molar-refractivity contribution in [3.8, 4) is 45.1 Å². The van der Waals surface area contributed by atoms with Crippen molar-refractivity contribution in [2.75, 3.05) is 0 Å². The van der Waals surface area contributed by atoms with Gasteiger partial charge in [-0.05, 0) is 106 Å². The molecule has 0 amide bonds. The Morgan fingerprint density at radius 1 is 0.310 bits per heavy atom. The average molecular weight is 739 g/mol. The van der Waals surface area contributed by atoms with Crippen molar-refractivity contribution in [1.29, 1.82) is 0 Å². The van der Waals surface area contributed by atoms with Gasteiger partial charge in [0, 0.05) is 44.0 Å². The van der Waals surface area contributed by atoms with Crippen LogP contribution in [0.1, 0.15) is 22.3 Å². The Hall–Kier alpha value is -7.62. The van der Waals surface area contributed by atoms with Gasteiger partial charge in [-0.3, -0.25) is 0 Å². The molecular formula is C55H34N2O. The average Bonchev–Trinajstić information content (AvgIpc) is 3.90. The number of fused-ring (bicyclic) bond motifs is 15. The highest BCUT2D eigenvalue weighted by Gasteiger charge is 2.51. The zero-order valence-electron chi connectivity index (χ0n) is 31.4. The number of aromatic nitrogens is 2. The molecule has 11 aromatic rings. The first-order valence-corrected chi connectivity index (χ1v) is 20.0. The molecule has 0 fully saturated rings. The monoisotopic (exact) mass is 738 g/mol. The lowest BCUT2D eigenvalue weighted by atomic mass is 9.66. The van der Waals surface area contributed by atoms with Crippen molar-refractivity contribution in [1.82, 2.24) is 9.13 Å². The van der Waals surface area contributed by atoms with Crippen LogP contribution in [0.4, 0.5) is 0 Å². The second kappa shape index (κ2) is 11.7. The van der Waals surface area contributed by atoms with Gasteiger partial charge >= 0.3 is 0 Å². The van der Waals surface area contributed by atoms with E-state index in [0.717, 1.165) is 22.9 Å². The van der Waals surface area contributed by atoms with Crippen LogP contribution in [-0.4, -0.2) is 9.13 Å². The fourth-order valence-corrected chi connectivity index (χ4v) is 10.4. The van der Waals surface area contributed by atoms with Crippen molar-refractivity contribution in [3.05, 3.63) is 229 Å². The van der Waals surface area contributed by atoms with E-state index < -0.39 is 5.41 Å². The smallest absolute Gasteiger partial charge is 0.132 e. The van der Waals surface area contributed by atoms with E-state index in [4.69, 9.17) is 4.74 Å². The first kappa shape index (κ1) is 31.6. The maximum Gasteiger partial charge on any atom is 0.132 e. The van der Waals surface area contributed by atoms with Crippen LogP contribution < -0.4 is 4.74 Å². The first-order valence-electron chi connectivity index (χ1n) is 20.0. The van der Waals surface area contributed by atoms with Gasteiger partial charge in [-0.1, -0.05) is 133 Å². The Bertz CT molecular complexity index is 3380. The summed E-state index contributed by atoms with van der Waals surface area (Å²) in [6.45, 7) is 0. The van der Waals surface area contributed by atoms with Crippen LogP contribution in [0.5, 0.6) is 11.5 Å². The number of nitrogens with zero attached hydrogens (tertiary/aromatic N) is 2. The van der Waals surface area contributed by atoms with Crippen LogP contribution in [0.25, 0.3) is 77.2 Å². The molecule has 270 valence electrons. The van der Waals surface area contributed by atoms with E-state index in [0.29, 0.717) is 0 Å². The van der Waals surface area contributed by atoms with Crippen molar-refractivity contribution in [2.45, 2.75) is 5.41 Å². The predicted octanol–water partition coefficient (Wildman–Crippen LogP) is 14.0. The minimum atomic E-state index is -0.535. The molecule has 3 heteroatoms. The molecular weight excluding hydrogens is 705 g/mol. The Morgan fingerprint density at radius 2 is 0.828 bits per heavy atom. The van der Waals surface area contributed by atoms with Gasteiger partial charge in [0.15, 0.2) is 0 Å². The molecule has 1 aliphatic carbocycles. The molecule has 0 atom stereocenters. The number of benzene rings is 9. The highest BCUT2D eigenvalue weighted by Crippen LogP contribution is 2.62. The molecule has 0 unspecified atom stereocenters. The number of rotatable bonds is 3. The lowest BCUT2D eigenvalue weighted by Crippen LogP contribution is -2.32. The zero-order chi connectivity index (χ0) is 38.0. The van der Waals surface area contributed by atoms with E-state index >= 15 is 0 Å². The fourth-order valence-electron chi connectivity index (χ4n) is 10.4. The van der Waals surface area contributed by atoms with E-state index in [1.165, 1.54) is 88.1 Å². The van der Waals surface area contributed by atoms with Gasteiger partial charge in [0.2, 0.25) is 0 Å². The quantitative estimate of drug-likeness (QED) is 0.177. The van der Waals surface area contributed by atoms with Crippen LogP contribution >= 0.6 is 0 Å². The number of hydrogen-bond acceptors (Lipinski definition) is 1. The standard InChI is InChI=1S/C55H34N2O/c1-2-14-37(15-3-1)57-51-31-28-36(35-26-29-38(30-27-35)56-49-22-10-5-17-40(49)41-18-6-11-23-50(41)56)32-43(51)44-33-42-39-16-4-7-19-45(39)55(48(42)34-52(44)57)46-20-8-12-24-53(46)58-54-25-13-9-21-47(54)55/h1-34H. The van der Waals surface area contributed by atoms with Gasteiger partial charge < -0.3 is 13.9 Å². The lowest BCUT2D eigenvalue weighted by molar-refractivity contribution is 0.436. The molecule has 1 spiro atoms. The minimum absolute atomic E-state index is 0.535. The zero-order valence-corrected chi connectivity index (χ0v) is 31.4. The lowest BCUT2D eigenvalue weighted by Gasteiger charge is -2.39. The van der Waals surface area contributed by atoms with Crippen LogP contribution in [0.3, 0.4) is 0 Å². The van der Waals surface area contributed by atoms with Crippen LogP contribution in [0.15, 0.2) is 206 Å². The van der Waals surface area contributed by atoms with Crippen molar-refractivity contribution in [3.63, 3.8) is 0 Å². The molecule has 0 radical (unpaired) electrons. The first-order chi connectivity index (χ1) is 28.8. The van der Waals surface area contributed by atoms with Crippen LogP contribution in [0, 0.1) is 0 Å². The molecule has 58 heavy (non-hydrogen) atoms. The Morgan fingerprint density at radius 3 is 1.53 bits per heavy atom. The SMILES string of the molecule is c1ccc(-n2c3ccc(-c4ccc(-n5c6ccccc6c6ccccc65)cc4)cc3c3cc4c(cc32)C2(c3ccccc3Oc3ccccc32)c2ccccc2-4)cc1. The van der Waals surface area contributed by atoms with Gasteiger partial charge in [-0.2, -0.15) is 0 Å². The molecule has 9 aromatic carbocycles. The van der Waals surface area contributed by atoms with Gasteiger partial charge in [0.25, 0.3) is 0 Å². The Labute approximate surface area is 335 Å². The van der Waals surface area contributed by atoms with E-state index in [9.17, 15) is 0 Å². The fraction of sp³-hybridized carbons (Fsp3) is 0.0182. The predicted molar refractivity (Wildman–Crippen MR) is 238 cm³/mol. The van der Waals surface area contributed by atoms with Gasteiger partial charge in [-0.25, -0.2) is 0 Å². The van der Waals surface area contributed by atoms with E-state index in [1.807, 2.05) is 0 Å². The molecule has 1 aliphatic heterocycles. The summed E-state index contributed by atoms with van der Waals surface area (Å²) in [5.41, 5.74) is 16.4. The summed E-state index contributed by atoms with van der Waals surface area (Å²) in [6, 6.07) is 75.4. The van der Waals surface area contributed by atoms with Gasteiger partial charge in [0.05, 0.1) is 27.5 Å². The van der Waals surface area contributed by atoms with Crippen molar-refractivity contribution in [2.24, 2.45) is 0 Å². The highest BCUT2D eigenvalue weighted by molar-refractivity contribution is 6.13. The normalized spacial score (nSPS) is 13.4. The molecule has 2 aromatic heterocycles. The van der Waals surface area contributed by atoms with Crippen LogP contribution in [0.2, 0.25) is 0 Å². The third kappa shape index (κ3) is 4.12. The second-order valence-electron chi connectivity index (χ2n) is 15.6. The molecule has 2 aliphatic rings. The number of hydrogen-bond donors (Lipinski definition) is 0. The number of para-hydroxylation sites is 5. The third-order valence-electron chi connectivity index (χ3n) is 12.8. The van der Waals surface area contributed by atoms with Crippen molar-refractivity contribution >= 4 is 43.6 Å². The third-order valence-corrected chi connectivity index (χ3v) is 12.8. The van der Waals surface area contributed by atoms with Gasteiger partial charge in [-0.15, -0.1) is 0 Å². The summed E-state index contributed by atoms with van der Waals surface area (Å²) in [5.74, 6) is 1.81. The maximum absolute atomic E-state index is 6.64. The summed E-state index contributed by atoms with van der Waals surface area (Å²) in [7, 11) is 0. The van der Waals surface area contributed by atoms with E-state index in [1.54, 1.807) is 0 Å².